The van der Waals surface area contributed by atoms with Gasteiger partial charge < -0.3 is 5.11 Å². The molecule has 2 rings (SSSR count). The number of likely N-dealkylation sites (tertiary alicyclic amines) is 1. The lowest BCUT2D eigenvalue weighted by molar-refractivity contribution is -0.143. The summed E-state index contributed by atoms with van der Waals surface area (Å²) in [6, 6.07) is -0.185. The summed E-state index contributed by atoms with van der Waals surface area (Å²) in [6.45, 7) is 5.66. The molecule has 102 valence electrons. The van der Waals surface area contributed by atoms with E-state index in [1.807, 2.05) is 6.92 Å². The van der Waals surface area contributed by atoms with Gasteiger partial charge in [-0.15, -0.1) is 0 Å². The Balaban J connectivity index is 2.09. The van der Waals surface area contributed by atoms with Crippen LogP contribution >= 0.6 is 0 Å². The molecule has 1 heterocycles. The highest BCUT2D eigenvalue weighted by molar-refractivity contribution is 6.05. The first-order chi connectivity index (χ1) is 8.45. The number of nitrogens with zero attached hydrogens (tertiary/aromatic N) is 1. The summed E-state index contributed by atoms with van der Waals surface area (Å²) in [5.41, 5.74) is 0. The zero-order chi connectivity index (χ0) is 13.4. The Kier molecular flexibility index (Phi) is 3.76. The van der Waals surface area contributed by atoms with Crippen LogP contribution in [0.25, 0.3) is 0 Å². The molecule has 1 saturated heterocycles. The van der Waals surface area contributed by atoms with Crippen LogP contribution in [0.2, 0.25) is 0 Å². The predicted octanol–water partition coefficient (Wildman–Crippen LogP) is 1.57. The number of amides is 2. The largest absolute Gasteiger partial charge is 0.393 e. The Hall–Kier alpha value is -0.900. The zero-order valence-corrected chi connectivity index (χ0v) is 11.4. The van der Waals surface area contributed by atoms with Gasteiger partial charge in [-0.1, -0.05) is 13.3 Å². The molecule has 2 amide bonds. The second kappa shape index (κ2) is 5.00. The molecule has 0 aromatic rings. The molecule has 1 saturated carbocycles. The topological polar surface area (TPSA) is 57.6 Å². The number of aliphatic hydroxyl groups excluding tert-OH is 1. The van der Waals surface area contributed by atoms with Crippen LogP contribution in [0, 0.1) is 17.8 Å². The Bertz CT molecular complexity index is 329. The van der Waals surface area contributed by atoms with Gasteiger partial charge in [0.2, 0.25) is 11.8 Å². The number of aliphatic hydroxyl groups is 1. The third-order valence-electron chi connectivity index (χ3n) is 4.47. The molecule has 0 aromatic carbocycles. The van der Waals surface area contributed by atoms with Crippen LogP contribution in [-0.4, -0.2) is 34.0 Å². The van der Waals surface area contributed by atoms with Gasteiger partial charge in [-0.2, -0.15) is 0 Å². The number of hydrogen-bond acceptors (Lipinski definition) is 3. The Morgan fingerprint density at radius 2 is 1.72 bits per heavy atom. The van der Waals surface area contributed by atoms with E-state index in [-0.39, 0.29) is 29.7 Å². The molecule has 0 bridgehead atoms. The lowest BCUT2D eigenvalue weighted by Gasteiger charge is -2.25. The van der Waals surface area contributed by atoms with E-state index in [4.69, 9.17) is 0 Å². The predicted molar refractivity (Wildman–Crippen MR) is 67.6 cm³/mol. The summed E-state index contributed by atoms with van der Waals surface area (Å²) in [4.78, 5) is 26.0. The smallest absolute Gasteiger partial charge is 0.233 e. The number of carbonyl (C=O) groups excluding carboxylic acids is 2. The maximum Gasteiger partial charge on any atom is 0.233 e. The van der Waals surface area contributed by atoms with Crippen molar-refractivity contribution in [3.05, 3.63) is 0 Å². The average molecular weight is 253 g/mol. The number of hydrogen-bond donors (Lipinski definition) is 1. The molecule has 0 aromatic heterocycles. The molecule has 18 heavy (non-hydrogen) atoms. The van der Waals surface area contributed by atoms with Crippen molar-refractivity contribution in [1.29, 1.82) is 0 Å². The monoisotopic (exact) mass is 253 g/mol. The Morgan fingerprint density at radius 1 is 1.22 bits per heavy atom. The van der Waals surface area contributed by atoms with E-state index in [9.17, 15) is 14.7 Å². The average Bonchev–Trinajstić information content (AvgIpc) is 2.79. The Labute approximate surface area is 108 Å². The lowest BCUT2D eigenvalue weighted by atomic mass is 10.00. The first kappa shape index (κ1) is 13.5. The summed E-state index contributed by atoms with van der Waals surface area (Å²) in [7, 11) is 0. The minimum absolute atomic E-state index is 0.00546. The minimum Gasteiger partial charge on any atom is -0.393 e. The molecular weight excluding hydrogens is 230 g/mol. The zero-order valence-electron chi connectivity index (χ0n) is 11.4. The van der Waals surface area contributed by atoms with Gasteiger partial charge in [-0.05, 0) is 39.0 Å². The minimum atomic E-state index is -0.482. The molecule has 0 spiro atoms. The molecule has 1 aliphatic carbocycles. The maximum atomic E-state index is 12.3. The van der Waals surface area contributed by atoms with Crippen LogP contribution in [0.3, 0.4) is 0 Å². The standard InChI is InChI=1S/C14H23NO3/c1-4-10-6-11-12(7-10)14(18)15(13(11)17)8(2)5-9(3)16/h8-12,16H,4-7H2,1-3H3. The van der Waals surface area contributed by atoms with Crippen molar-refractivity contribution in [3.63, 3.8) is 0 Å². The second-order valence-electron chi connectivity index (χ2n) is 5.94. The quantitative estimate of drug-likeness (QED) is 0.774. The molecule has 1 N–H and O–H groups in total. The van der Waals surface area contributed by atoms with Crippen LogP contribution in [0.5, 0.6) is 0 Å². The number of carbonyl (C=O) groups is 2. The molecule has 4 nitrogen and oxygen atoms in total. The van der Waals surface area contributed by atoms with Crippen LogP contribution in [-0.2, 0) is 9.59 Å². The molecule has 2 fully saturated rings. The van der Waals surface area contributed by atoms with Gasteiger partial charge in [0.1, 0.15) is 0 Å². The second-order valence-corrected chi connectivity index (χ2v) is 5.94. The van der Waals surface area contributed by atoms with Gasteiger partial charge in [0.25, 0.3) is 0 Å². The van der Waals surface area contributed by atoms with Crippen molar-refractivity contribution in [2.24, 2.45) is 17.8 Å². The molecular formula is C14H23NO3. The fourth-order valence-electron chi connectivity index (χ4n) is 3.52. The van der Waals surface area contributed by atoms with Crippen LogP contribution < -0.4 is 0 Å². The van der Waals surface area contributed by atoms with E-state index in [1.54, 1.807) is 6.92 Å². The highest BCUT2D eigenvalue weighted by Gasteiger charge is 2.53. The van der Waals surface area contributed by atoms with Gasteiger partial charge in [-0.3, -0.25) is 14.5 Å². The fourth-order valence-corrected chi connectivity index (χ4v) is 3.52. The van der Waals surface area contributed by atoms with Crippen molar-refractivity contribution in [1.82, 2.24) is 4.90 Å². The van der Waals surface area contributed by atoms with Crippen molar-refractivity contribution in [2.75, 3.05) is 0 Å². The van der Waals surface area contributed by atoms with Crippen LogP contribution in [0.4, 0.5) is 0 Å². The molecule has 0 radical (unpaired) electrons. The number of imide groups is 1. The van der Waals surface area contributed by atoms with Crippen LogP contribution in [0.15, 0.2) is 0 Å². The highest BCUT2D eigenvalue weighted by Crippen LogP contribution is 2.45. The van der Waals surface area contributed by atoms with Gasteiger partial charge in [-0.25, -0.2) is 0 Å². The van der Waals surface area contributed by atoms with Gasteiger partial charge in [0.05, 0.1) is 17.9 Å². The maximum absolute atomic E-state index is 12.3. The fraction of sp³-hybridized carbons (Fsp3) is 0.857. The van der Waals surface area contributed by atoms with Crippen molar-refractivity contribution in [3.8, 4) is 0 Å². The van der Waals surface area contributed by atoms with E-state index in [1.165, 1.54) is 4.90 Å². The van der Waals surface area contributed by atoms with E-state index in [2.05, 4.69) is 6.92 Å². The van der Waals surface area contributed by atoms with Crippen molar-refractivity contribution in [2.45, 2.75) is 58.6 Å². The normalized spacial score (nSPS) is 34.9. The van der Waals surface area contributed by atoms with E-state index >= 15 is 0 Å². The van der Waals surface area contributed by atoms with Gasteiger partial charge in [0, 0.05) is 6.04 Å². The third kappa shape index (κ3) is 2.18. The molecule has 2 aliphatic rings. The van der Waals surface area contributed by atoms with Gasteiger partial charge in [0.15, 0.2) is 0 Å². The first-order valence-electron chi connectivity index (χ1n) is 7.00. The van der Waals surface area contributed by atoms with E-state index in [0.29, 0.717) is 12.3 Å². The molecule has 1 aliphatic heterocycles. The Morgan fingerprint density at radius 3 is 2.11 bits per heavy atom. The molecule has 4 heteroatoms. The van der Waals surface area contributed by atoms with Crippen LogP contribution in [0.1, 0.15) is 46.5 Å². The lowest BCUT2D eigenvalue weighted by Crippen LogP contribution is -2.41. The number of rotatable bonds is 4. The summed E-state index contributed by atoms with van der Waals surface area (Å²) in [5, 5.41) is 9.39. The SMILES string of the molecule is CCC1CC2C(=O)N(C(C)CC(C)O)C(=O)C2C1. The summed E-state index contributed by atoms with van der Waals surface area (Å²) in [6.07, 6.45) is 2.77. The van der Waals surface area contributed by atoms with E-state index in [0.717, 1.165) is 19.3 Å². The summed E-state index contributed by atoms with van der Waals surface area (Å²) < 4.78 is 0. The van der Waals surface area contributed by atoms with Gasteiger partial charge >= 0.3 is 0 Å². The summed E-state index contributed by atoms with van der Waals surface area (Å²) in [5.74, 6) is 0.350. The van der Waals surface area contributed by atoms with Crippen molar-refractivity contribution < 1.29 is 14.7 Å². The third-order valence-corrected chi connectivity index (χ3v) is 4.47. The molecule has 4 atom stereocenters. The first-order valence-corrected chi connectivity index (χ1v) is 7.00. The number of fused-ring (bicyclic) bond motifs is 1. The van der Waals surface area contributed by atoms with E-state index < -0.39 is 6.10 Å². The summed E-state index contributed by atoms with van der Waals surface area (Å²) >= 11 is 0. The molecule has 4 unspecified atom stereocenters. The van der Waals surface area contributed by atoms with Crippen molar-refractivity contribution >= 4 is 11.8 Å². The highest BCUT2D eigenvalue weighted by atomic mass is 16.3.